The molecule has 10 rings (SSSR count). The molecular formula is C47H59Cl3N10O5S2. The van der Waals surface area contributed by atoms with E-state index in [0.717, 1.165) is 102 Å². The number of hydrogen-bond donors (Lipinski definition) is 4. The fraction of sp³-hybridized carbons (Fsp3) is 0.511. The van der Waals surface area contributed by atoms with Crippen molar-refractivity contribution in [3.05, 3.63) is 75.7 Å². The van der Waals surface area contributed by atoms with Crippen molar-refractivity contribution in [1.29, 1.82) is 0 Å². The lowest BCUT2D eigenvalue weighted by molar-refractivity contribution is 0.0206. The van der Waals surface area contributed by atoms with E-state index in [1.54, 1.807) is 16.2 Å². The standard InChI is InChI=1S/C26H32ClN5O3S.C21H25N5O2S.2ClH/c1-26(2,3)35-25(33)32-12-6-7-17(15-32)28-23-20(24-29-18-8-4-5-9-19(18)36-24)21(27)30-22(31-23)16-10-13-34-14-11-16;27-20-17(21-24-15-5-1-2-6-16(15)29-21)19(23-14-4-3-9-22-12-14)25-18(26-20)13-7-10-28-11-8-13;;/h4-5,8-9,16-17H,6-7,10-15H2,1-3H3,(H,28,30,31);1-2,5-6,13-14,22H,3-4,7-12H2,(H2,23,25,26,27);2*1H/t17-;14-;;/m11../s1. The Balaban J connectivity index is 0.000000197. The van der Waals surface area contributed by atoms with Crippen molar-refractivity contribution in [3.8, 4) is 21.1 Å². The maximum absolute atomic E-state index is 13.2. The van der Waals surface area contributed by atoms with Crippen molar-refractivity contribution < 1.29 is 19.0 Å². The number of likely N-dealkylation sites (tertiary alicyclic amines) is 1. The summed E-state index contributed by atoms with van der Waals surface area (Å²) in [7, 11) is 0. The highest BCUT2D eigenvalue weighted by Crippen LogP contribution is 2.40. The van der Waals surface area contributed by atoms with E-state index in [4.69, 9.17) is 50.7 Å². The van der Waals surface area contributed by atoms with E-state index in [1.807, 2.05) is 63.2 Å². The summed E-state index contributed by atoms with van der Waals surface area (Å²) in [6, 6.07) is 16.3. The van der Waals surface area contributed by atoms with Gasteiger partial charge in [0.25, 0.3) is 5.56 Å². The van der Waals surface area contributed by atoms with E-state index < -0.39 is 5.60 Å². The Hall–Kier alpha value is -4.20. The number of carbonyl (C=O) groups is 1. The number of anilines is 2. The van der Waals surface area contributed by atoms with Gasteiger partial charge in [-0.25, -0.2) is 29.7 Å². The van der Waals surface area contributed by atoms with Gasteiger partial charge in [0.15, 0.2) is 0 Å². The van der Waals surface area contributed by atoms with Crippen molar-refractivity contribution in [2.24, 2.45) is 0 Å². The van der Waals surface area contributed by atoms with Crippen LogP contribution in [0.25, 0.3) is 41.6 Å². The monoisotopic (exact) mass is 1010 g/mol. The van der Waals surface area contributed by atoms with E-state index in [-0.39, 0.29) is 60.4 Å². The molecule has 15 nitrogen and oxygen atoms in total. The fourth-order valence-corrected chi connectivity index (χ4v) is 11.1. The maximum atomic E-state index is 13.2. The number of aromatic nitrogens is 6. The first kappa shape index (κ1) is 50.7. The number of para-hydroxylation sites is 2. The van der Waals surface area contributed by atoms with Gasteiger partial charge in [-0.2, -0.15) is 0 Å². The van der Waals surface area contributed by atoms with Crippen molar-refractivity contribution in [3.63, 3.8) is 0 Å². The zero-order valence-electron chi connectivity index (χ0n) is 38.0. The third kappa shape index (κ3) is 12.5. The largest absolute Gasteiger partial charge is 0.444 e. The number of fused-ring (bicyclic) bond motifs is 2. The van der Waals surface area contributed by atoms with Gasteiger partial charge in [-0.1, -0.05) is 35.9 Å². The number of ether oxygens (including phenoxy) is 3. The van der Waals surface area contributed by atoms with Gasteiger partial charge >= 0.3 is 6.09 Å². The van der Waals surface area contributed by atoms with Crippen LogP contribution >= 0.6 is 59.1 Å². The number of nitrogens with one attached hydrogen (secondary N) is 4. The highest BCUT2D eigenvalue weighted by Gasteiger charge is 2.31. The van der Waals surface area contributed by atoms with E-state index in [2.05, 4.69) is 27.0 Å². The number of nitrogens with zero attached hydrogens (tertiary/aromatic N) is 6. The van der Waals surface area contributed by atoms with Crippen LogP contribution in [0.4, 0.5) is 16.4 Å². The summed E-state index contributed by atoms with van der Waals surface area (Å²) in [5.74, 6) is 3.25. The normalized spacial score (nSPS) is 19.4. The maximum Gasteiger partial charge on any atom is 0.410 e. The molecule has 2 aromatic carbocycles. The molecule has 4 aliphatic rings. The molecule has 4 saturated heterocycles. The summed E-state index contributed by atoms with van der Waals surface area (Å²) >= 11 is 9.95. The van der Waals surface area contributed by atoms with Crippen LogP contribution in [0.3, 0.4) is 0 Å². The Bertz CT molecular complexity index is 2590. The van der Waals surface area contributed by atoms with Crippen LogP contribution < -0.4 is 21.5 Å². The molecule has 67 heavy (non-hydrogen) atoms. The Morgan fingerprint density at radius 2 is 1.34 bits per heavy atom. The Morgan fingerprint density at radius 1 is 0.761 bits per heavy atom. The molecule has 0 unspecified atom stereocenters. The number of benzene rings is 2. The first-order valence-corrected chi connectivity index (χ1v) is 24.9. The molecule has 0 spiro atoms. The summed E-state index contributed by atoms with van der Waals surface area (Å²) in [5, 5.41) is 12.5. The van der Waals surface area contributed by atoms with Crippen LogP contribution in [0.5, 0.6) is 0 Å². The summed E-state index contributed by atoms with van der Waals surface area (Å²) in [5.41, 5.74) is 2.44. The Morgan fingerprint density at radius 3 is 1.96 bits per heavy atom. The minimum absolute atomic E-state index is 0. The lowest BCUT2D eigenvalue weighted by Gasteiger charge is -2.35. The number of hydrogen-bond acceptors (Lipinski definition) is 15. The number of piperidine rings is 2. The Labute approximate surface area is 415 Å². The van der Waals surface area contributed by atoms with Crippen LogP contribution in [0, 0.1) is 0 Å². The SMILES string of the molecule is CC(C)(C)OC(=O)N1CCC[C@@H](Nc2nc(C3CCOCC3)nc(Cl)c2-c2nc3ccccc3s2)C1.Cl.Cl.O=c1[nH]c(C2CCOCC2)nc(N[C@@H]2CCCNC2)c1-c1nc2ccccc2s1. The fourth-order valence-electron chi connectivity index (χ4n) is 8.75. The average molecular weight is 1010 g/mol. The van der Waals surface area contributed by atoms with E-state index in [0.29, 0.717) is 72.4 Å². The molecule has 4 aliphatic heterocycles. The number of halogens is 3. The van der Waals surface area contributed by atoms with Gasteiger partial charge in [0.1, 0.15) is 49.6 Å². The molecule has 6 aromatic rings. The molecule has 360 valence electrons. The number of rotatable bonds is 8. The molecule has 2 atom stereocenters. The van der Waals surface area contributed by atoms with Crippen LogP contribution in [0.2, 0.25) is 5.15 Å². The van der Waals surface area contributed by atoms with Crippen molar-refractivity contribution in [2.45, 2.75) is 102 Å². The van der Waals surface area contributed by atoms with Gasteiger partial charge < -0.3 is 40.0 Å². The molecule has 4 aromatic heterocycles. The summed E-state index contributed by atoms with van der Waals surface area (Å²) in [6.45, 7) is 11.6. The minimum atomic E-state index is -0.531. The van der Waals surface area contributed by atoms with Crippen molar-refractivity contribution >= 4 is 97.3 Å². The third-order valence-corrected chi connectivity index (χ3v) is 14.5. The van der Waals surface area contributed by atoms with Crippen LogP contribution in [-0.2, 0) is 14.2 Å². The van der Waals surface area contributed by atoms with Gasteiger partial charge in [-0.05, 0) is 103 Å². The molecule has 0 radical (unpaired) electrons. The summed E-state index contributed by atoms with van der Waals surface area (Å²) in [6.07, 6.45) is 7.17. The number of amides is 1. The lowest BCUT2D eigenvalue weighted by Crippen LogP contribution is -2.47. The highest BCUT2D eigenvalue weighted by molar-refractivity contribution is 7.22. The van der Waals surface area contributed by atoms with E-state index in [1.165, 1.54) is 11.3 Å². The number of H-pyrrole nitrogens is 1. The predicted molar refractivity (Wildman–Crippen MR) is 273 cm³/mol. The second-order valence-corrected chi connectivity index (χ2v) is 20.5. The van der Waals surface area contributed by atoms with Gasteiger partial charge in [0.05, 0.1) is 26.0 Å². The smallest absolute Gasteiger partial charge is 0.410 e. The average Bonchev–Trinajstić information content (AvgIpc) is 3.94. The lowest BCUT2D eigenvalue weighted by atomic mass is 9.99. The predicted octanol–water partition coefficient (Wildman–Crippen LogP) is 10.1. The van der Waals surface area contributed by atoms with Crippen LogP contribution in [0.15, 0.2) is 53.3 Å². The van der Waals surface area contributed by atoms with Gasteiger partial charge in [0.2, 0.25) is 0 Å². The second kappa shape index (κ2) is 22.9. The molecule has 0 bridgehead atoms. The van der Waals surface area contributed by atoms with Gasteiger partial charge in [-0.15, -0.1) is 47.5 Å². The topological polar surface area (TPSA) is 181 Å². The molecule has 1 amide bonds. The third-order valence-electron chi connectivity index (χ3n) is 12.1. The van der Waals surface area contributed by atoms with Gasteiger partial charge in [-0.3, -0.25) is 4.79 Å². The molecule has 4 fully saturated rings. The molecule has 8 heterocycles. The molecular weight excluding hydrogens is 955 g/mol. The molecule has 4 N–H and O–H groups in total. The quantitative estimate of drug-likeness (QED) is 0.106. The van der Waals surface area contributed by atoms with Gasteiger partial charge in [0, 0.05) is 70.0 Å². The summed E-state index contributed by atoms with van der Waals surface area (Å²) in [4.78, 5) is 54.9. The number of aromatic amines is 1. The first-order chi connectivity index (χ1) is 31.5. The number of carbonyl (C=O) groups excluding carboxylic acids is 1. The zero-order valence-corrected chi connectivity index (χ0v) is 42.0. The van der Waals surface area contributed by atoms with E-state index >= 15 is 0 Å². The number of thiazole rings is 2. The van der Waals surface area contributed by atoms with Crippen molar-refractivity contribution in [1.82, 2.24) is 40.1 Å². The Kier molecular flexibility index (Phi) is 17.3. The van der Waals surface area contributed by atoms with Crippen LogP contribution in [0.1, 0.15) is 95.6 Å². The van der Waals surface area contributed by atoms with E-state index in [9.17, 15) is 9.59 Å². The molecule has 0 saturated carbocycles. The van der Waals surface area contributed by atoms with Crippen molar-refractivity contribution in [2.75, 3.05) is 63.2 Å². The second-order valence-electron chi connectivity index (χ2n) is 18.1. The molecule has 20 heteroatoms. The molecule has 0 aliphatic carbocycles. The zero-order chi connectivity index (χ0) is 44.9. The van der Waals surface area contributed by atoms with Crippen LogP contribution in [-0.4, -0.2) is 111 Å². The summed E-state index contributed by atoms with van der Waals surface area (Å²) < 4.78 is 18.8. The first-order valence-electron chi connectivity index (χ1n) is 22.9. The minimum Gasteiger partial charge on any atom is -0.444 e. The highest BCUT2D eigenvalue weighted by atomic mass is 35.5.